The summed E-state index contributed by atoms with van der Waals surface area (Å²) in [6.45, 7) is 6.72. The molecule has 0 aromatic heterocycles. The van der Waals surface area contributed by atoms with Crippen molar-refractivity contribution >= 4 is 29.2 Å². The number of nitrogens with zero attached hydrogens (tertiary/aromatic N) is 2. The zero-order valence-electron chi connectivity index (χ0n) is 18.9. The summed E-state index contributed by atoms with van der Waals surface area (Å²) in [6.07, 6.45) is 0. The molecule has 1 saturated heterocycles. The summed E-state index contributed by atoms with van der Waals surface area (Å²) in [7, 11) is 0. The standard InChI is InChI=1S/C24H30N4O5/c1-17(2)25-22(29)15-27-10-12-28(13-11-27)18-8-9-21(20(14-18)24(31)32)26-23(30)16-33-19-6-4-3-5-7-19/h3-9,14,17H,10-13,15-16H2,1-2H3,(H,25,29)(H,26,30)(H,31,32). The van der Waals surface area contributed by atoms with Crippen LogP contribution < -0.4 is 20.3 Å². The van der Waals surface area contributed by atoms with Gasteiger partial charge in [-0.25, -0.2) is 4.79 Å². The maximum atomic E-state index is 12.3. The number of carbonyl (C=O) groups is 3. The lowest BCUT2D eigenvalue weighted by Gasteiger charge is -2.36. The van der Waals surface area contributed by atoms with Gasteiger partial charge in [-0.1, -0.05) is 18.2 Å². The molecule has 9 heteroatoms. The Balaban J connectivity index is 1.58. The predicted molar refractivity (Wildman–Crippen MR) is 126 cm³/mol. The highest BCUT2D eigenvalue weighted by atomic mass is 16.5. The van der Waals surface area contributed by atoms with E-state index in [9.17, 15) is 19.5 Å². The van der Waals surface area contributed by atoms with Crippen molar-refractivity contribution in [2.45, 2.75) is 19.9 Å². The third-order valence-electron chi connectivity index (χ3n) is 5.18. The molecule has 33 heavy (non-hydrogen) atoms. The molecule has 0 radical (unpaired) electrons. The average molecular weight is 455 g/mol. The second-order valence-corrected chi connectivity index (χ2v) is 8.17. The van der Waals surface area contributed by atoms with Gasteiger partial charge in [0.25, 0.3) is 5.91 Å². The smallest absolute Gasteiger partial charge is 0.337 e. The SMILES string of the molecule is CC(C)NC(=O)CN1CCN(c2ccc(NC(=O)COc3ccccc3)c(C(=O)O)c2)CC1. The minimum atomic E-state index is -1.12. The first-order chi connectivity index (χ1) is 15.8. The third-order valence-corrected chi connectivity index (χ3v) is 5.18. The maximum Gasteiger partial charge on any atom is 0.337 e. The first kappa shape index (κ1) is 24.1. The van der Waals surface area contributed by atoms with Crippen LogP contribution in [-0.2, 0) is 9.59 Å². The Bertz CT molecular complexity index is 972. The summed E-state index contributed by atoms with van der Waals surface area (Å²) >= 11 is 0. The number of carbonyl (C=O) groups excluding carboxylic acids is 2. The van der Waals surface area contributed by atoms with E-state index in [2.05, 4.69) is 20.4 Å². The number of ether oxygens (including phenoxy) is 1. The van der Waals surface area contributed by atoms with Crippen LogP contribution in [0, 0.1) is 0 Å². The van der Waals surface area contributed by atoms with Crippen molar-refractivity contribution in [2.24, 2.45) is 0 Å². The van der Waals surface area contributed by atoms with Gasteiger partial charge in [0.05, 0.1) is 17.8 Å². The van der Waals surface area contributed by atoms with Crippen LogP contribution in [0.4, 0.5) is 11.4 Å². The van der Waals surface area contributed by atoms with Crippen molar-refractivity contribution in [3.8, 4) is 5.75 Å². The van der Waals surface area contributed by atoms with E-state index in [0.29, 0.717) is 38.5 Å². The monoisotopic (exact) mass is 454 g/mol. The molecular formula is C24H30N4O5. The van der Waals surface area contributed by atoms with E-state index in [4.69, 9.17) is 4.74 Å². The van der Waals surface area contributed by atoms with Gasteiger partial charge in [0.2, 0.25) is 5.91 Å². The molecule has 2 amide bonds. The largest absolute Gasteiger partial charge is 0.484 e. The number of rotatable bonds is 9. The van der Waals surface area contributed by atoms with Crippen LogP contribution in [0.1, 0.15) is 24.2 Å². The fourth-order valence-electron chi connectivity index (χ4n) is 3.60. The summed E-state index contributed by atoms with van der Waals surface area (Å²) in [6, 6.07) is 14.0. The van der Waals surface area contributed by atoms with Crippen molar-refractivity contribution in [1.82, 2.24) is 10.2 Å². The Morgan fingerprint density at radius 1 is 1.00 bits per heavy atom. The number of hydrogen-bond acceptors (Lipinski definition) is 6. The van der Waals surface area contributed by atoms with Crippen LogP contribution >= 0.6 is 0 Å². The van der Waals surface area contributed by atoms with Gasteiger partial charge < -0.3 is 25.4 Å². The lowest BCUT2D eigenvalue weighted by molar-refractivity contribution is -0.122. The number of piperazine rings is 1. The number of amides is 2. The third kappa shape index (κ3) is 7.21. The molecule has 2 aromatic carbocycles. The summed E-state index contributed by atoms with van der Waals surface area (Å²) in [5.74, 6) is -1.01. The van der Waals surface area contributed by atoms with Crippen molar-refractivity contribution in [1.29, 1.82) is 0 Å². The van der Waals surface area contributed by atoms with Gasteiger partial charge in [-0.2, -0.15) is 0 Å². The van der Waals surface area contributed by atoms with E-state index in [-0.39, 0.29) is 29.8 Å². The predicted octanol–water partition coefficient (Wildman–Crippen LogP) is 2.05. The molecule has 1 aliphatic rings. The van der Waals surface area contributed by atoms with E-state index in [0.717, 1.165) is 5.69 Å². The second-order valence-electron chi connectivity index (χ2n) is 8.17. The van der Waals surface area contributed by atoms with Gasteiger partial charge in [-0.15, -0.1) is 0 Å². The molecule has 0 bridgehead atoms. The van der Waals surface area contributed by atoms with Gasteiger partial charge in [0.1, 0.15) is 5.75 Å². The number of carboxylic acids is 1. The fraction of sp³-hybridized carbons (Fsp3) is 0.375. The number of hydrogen-bond donors (Lipinski definition) is 3. The average Bonchev–Trinajstić information content (AvgIpc) is 2.78. The van der Waals surface area contributed by atoms with Crippen LogP contribution in [0.3, 0.4) is 0 Å². The summed E-state index contributed by atoms with van der Waals surface area (Å²) < 4.78 is 5.42. The van der Waals surface area contributed by atoms with Crippen LogP contribution in [-0.4, -0.2) is 73.2 Å². The molecule has 0 saturated carbocycles. The van der Waals surface area contributed by atoms with Crippen molar-refractivity contribution in [2.75, 3.05) is 49.5 Å². The molecule has 1 heterocycles. The van der Waals surface area contributed by atoms with Gasteiger partial charge in [0, 0.05) is 37.9 Å². The number of anilines is 2. The molecule has 9 nitrogen and oxygen atoms in total. The molecule has 0 atom stereocenters. The minimum Gasteiger partial charge on any atom is -0.484 e. The van der Waals surface area contributed by atoms with E-state index in [1.165, 1.54) is 0 Å². The fourth-order valence-corrected chi connectivity index (χ4v) is 3.60. The number of aromatic carboxylic acids is 1. The lowest BCUT2D eigenvalue weighted by Crippen LogP contribution is -2.50. The molecular weight excluding hydrogens is 424 g/mol. The van der Waals surface area contributed by atoms with Crippen molar-refractivity contribution in [3.63, 3.8) is 0 Å². The Kier molecular flexibility index (Phi) is 8.26. The Labute approximate surface area is 193 Å². The molecule has 3 N–H and O–H groups in total. The van der Waals surface area contributed by atoms with E-state index >= 15 is 0 Å². The summed E-state index contributed by atoms with van der Waals surface area (Å²) in [5.41, 5.74) is 0.994. The van der Waals surface area contributed by atoms with E-state index < -0.39 is 11.9 Å². The molecule has 1 aliphatic heterocycles. The van der Waals surface area contributed by atoms with Crippen molar-refractivity contribution < 1.29 is 24.2 Å². The highest BCUT2D eigenvalue weighted by Gasteiger charge is 2.21. The van der Waals surface area contributed by atoms with Gasteiger partial charge in [0.15, 0.2) is 6.61 Å². The van der Waals surface area contributed by atoms with E-state index in [1.807, 2.05) is 19.9 Å². The number of para-hydroxylation sites is 1. The topological polar surface area (TPSA) is 111 Å². The second kappa shape index (κ2) is 11.3. The van der Waals surface area contributed by atoms with Crippen LogP contribution in [0.2, 0.25) is 0 Å². The Hall–Kier alpha value is -3.59. The molecule has 1 fully saturated rings. The quantitative estimate of drug-likeness (QED) is 0.532. The van der Waals surface area contributed by atoms with Gasteiger partial charge in [-0.05, 0) is 44.2 Å². The summed E-state index contributed by atoms with van der Waals surface area (Å²) in [4.78, 5) is 40.2. The molecule has 2 aromatic rings. The lowest BCUT2D eigenvalue weighted by atomic mass is 10.1. The summed E-state index contributed by atoms with van der Waals surface area (Å²) in [5, 5.41) is 15.2. The maximum absolute atomic E-state index is 12.3. The van der Waals surface area contributed by atoms with Gasteiger partial charge >= 0.3 is 5.97 Å². The molecule has 0 unspecified atom stereocenters. The van der Waals surface area contributed by atoms with Crippen LogP contribution in [0.25, 0.3) is 0 Å². The van der Waals surface area contributed by atoms with Crippen molar-refractivity contribution in [3.05, 3.63) is 54.1 Å². The number of benzene rings is 2. The zero-order valence-corrected chi connectivity index (χ0v) is 18.9. The Morgan fingerprint density at radius 2 is 1.70 bits per heavy atom. The molecule has 0 spiro atoms. The number of nitrogens with one attached hydrogen (secondary N) is 2. The zero-order chi connectivity index (χ0) is 23.8. The minimum absolute atomic E-state index is 0.00273. The normalized spacial score (nSPS) is 14.1. The highest BCUT2D eigenvalue weighted by Crippen LogP contribution is 2.25. The molecule has 176 valence electrons. The molecule has 3 rings (SSSR count). The first-order valence-electron chi connectivity index (χ1n) is 10.9. The van der Waals surface area contributed by atoms with Gasteiger partial charge in [-0.3, -0.25) is 14.5 Å². The van der Waals surface area contributed by atoms with Crippen LogP contribution in [0.15, 0.2) is 48.5 Å². The van der Waals surface area contributed by atoms with E-state index in [1.54, 1.807) is 42.5 Å². The first-order valence-corrected chi connectivity index (χ1v) is 10.9. The highest BCUT2D eigenvalue weighted by molar-refractivity contribution is 6.01. The number of carboxylic acid groups (broad SMARTS) is 1. The van der Waals surface area contributed by atoms with Crippen LogP contribution in [0.5, 0.6) is 5.75 Å². The molecule has 0 aliphatic carbocycles. The Morgan fingerprint density at radius 3 is 2.33 bits per heavy atom.